The van der Waals surface area contributed by atoms with Crippen LogP contribution in [0.2, 0.25) is 0 Å². The second-order valence-electron chi connectivity index (χ2n) is 8.64. The van der Waals surface area contributed by atoms with Crippen LogP contribution in [0.1, 0.15) is 11.8 Å². The standard InChI is InChI=1S/C25H25FN6O4S/c1-31(11-15-6-5-7-16(26)10-15)22-19-23(28-13-27-22)32(14-29-19)24-21(34)20(33)18(36-24)12-35-25(37)30-17-8-3-2-4-9-17/h2-10,13-14,18,20-21,24,33-34H,11-12H2,1H3,(H,30,37)/t18-,20-,21-,24-/m1/s1. The van der Waals surface area contributed by atoms with Gasteiger partial charge in [0.05, 0.1) is 6.33 Å². The number of benzene rings is 2. The first kappa shape index (κ1) is 25.0. The van der Waals surface area contributed by atoms with E-state index in [1.165, 1.54) is 24.8 Å². The highest BCUT2D eigenvalue weighted by atomic mass is 32.1. The summed E-state index contributed by atoms with van der Waals surface area (Å²) in [6.07, 6.45) is -1.43. The summed E-state index contributed by atoms with van der Waals surface area (Å²) >= 11 is 5.21. The van der Waals surface area contributed by atoms with E-state index >= 15 is 0 Å². The normalized spacial score (nSPS) is 21.2. The predicted molar refractivity (Wildman–Crippen MR) is 138 cm³/mol. The number of para-hydroxylation sites is 1. The van der Waals surface area contributed by atoms with Crippen molar-refractivity contribution in [3.63, 3.8) is 0 Å². The summed E-state index contributed by atoms with van der Waals surface area (Å²) in [5.41, 5.74) is 2.42. The Hall–Kier alpha value is -3.71. The van der Waals surface area contributed by atoms with Gasteiger partial charge in [-0.2, -0.15) is 0 Å². The molecule has 192 valence electrons. The molecule has 1 fully saturated rings. The molecule has 0 spiro atoms. The number of nitrogens with one attached hydrogen (secondary N) is 1. The molecular formula is C25H25FN6O4S. The molecule has 4 atom stereocenters. The van der Waals surface area contributed by atoms with Crippen molar-refractivity contribution in [2.45, 2.75) is 31.1 Å². The Morgan fingerprint density at radius 3 is 2.73 bits per heavy atom. The third-order valence-corrected chi connectivity index (χ3v) is 6.24. The first-order valence-corrected chi connectivity index (χ1v) is 11.9. The molecule has 0 saturated carbocycles. The number of ether oxygens (including phenoxy) is 2. The Kier molecular flexibility index (Phi) is 7.24. The molecule has 0 bridgehead atoms. The highest BCUT2D eigenvalue weighted by Crippen LogP contribution is 2.33. The fourth-order valence-corrected chi connectivity index (χ4v) is 4.41. The van der Waals surface area contributed by atoms with E-state index in [2.05, 4.69) is 20.3 Å². The number of aliphatic hydroxyl groups is 2. The van der Waals surface area contributed by atoms with Gasteiger partial charge in [-0.1, -0.05) is 30.3 Å². The number of aliphatic hydroxyl groups excluding tert-OH is 2. The highest BCUT2D eigenvalue weighted by Gasteiger charge is 2.45. The van der Waals surface area contributed by atoms with E-state index in [9.17, 15) is 14.6 Å². The first-order valence-electron chi connectivity index (χ1n) is 11.5. The molecule has 3 heterocycles. The molecule has 5 rings (SSSR count). The number of hydrogen-bond acceptors (Lipinski definition) is 9. The maximum atomic E-state index is 13.6. The van der Waals surface area contributed by atoms with Crippen LogP contribution in [0.5, 0.6) is 0 Å². The van der Waals surface area contributed by atoms with Gasteiger partial charge in [-0.25, -0.2) is 19.3 Å². The minimum absolute atomic E-state index is 0.0728. The van der Waals surface area contributed by atoms with Gasteiger partial charge in [0.25, 0.3) is 5.17 Å². The van der Waals surface area contributed by atoms with Gasteiger partial charge in [0.1, 0.15) is 37.1 Å². The summed E-state index contributed by atoms with van der Waals surface area (Å²) in [7, 11) is 1.82. The van der Waals surface area contributed by atoms with E-state index in [1.54, 1.807) is 10.6 Å². The van der Waals surface area contributed by atoms with Crippen LogP contribution < -0.4 is 10.2 Å². The zero-order valence-corrected chi connectivity index (χ0v) is 20.6. The summed E-state index contributed by atoms with van der Waals surface area (Å²) in [6.45, 7) is 0.324. The van der Waals surface area contributed by atoms with E-state index in [0.29, 0.717) is 23.5 Å². The number of imidazole rings is 1. The van der Waals surface area contributed by atoms with Gasteiger partial charge in [0, 0.05) is 19.3 Å². The SMILES string of the molecule is CN(Cc1cccc(F)c1)c1ncnc2c1ncn2[C@@H]1O[C@H](COC(=S)Nc2ccccc2)[C@@H](O)[C@H]1O. The van der Waals surface area contributed by atoms with E-state index in [4.69, 9.17) is 21.7 Å². The number of rotatable bonds is 7. The number of nitrogens with zero attached hydrogens (tertiary/aromatic N) is 5. The molecule has 1 saturated heterocycles. The van der Waals surface area contributed by atoms with Crippen LogP contribution in [0.4, 0.5) is 15.9 Å². The fraction of sp³-hybridized carbons (Fsp3) is 0.280. The van der Waals surface area contributed by atoms with Crippen LogP contribution in [0, 0.1) is 5.82 Å². The van der Waals surface area contributed by atoms with Crippen molar-refractivity contribution in [3.05, 3.63) is 78.6 Å². The smallest absolute Gasteiger partial charge is 0.261 e. The Balaban J connectivity index is 1.29. The molecule has 10 nitrogen and oxygen atoms in total. The van der Waals surface area contributed by atoms with Gasteiger partial charge >= 0.3 is 0 Å². The number of hydrogen-bond donors (Lipinski definition) is 3. The van der Waals surface area contributed by atoms with Crippen LogP contribution >= 0.6 is 12.2 Å². The summed E-state index contributed by atoms with van der Waals surface area (Å²) in [6, 6.07) is 15.6. The van der Waals surface area contributed by atoms with Crippen molar-refractivity contribution in [2.75, 3.05) is 23.9 Å². The minimum Gasteiger partial charge on any atom is -0.468 e. The molecule has 0 radical (unpaired) electrons. The largest absolute Gasteiger partial charge is 0.468 e. The van der Waals surface area contributed by atoms with Gasteiger partial charge in [0.2, 0.25) is 0 Å². The minimum atomic E-state index is -1.26. The van der Waals surface area contributed by atoms with E-state index in [-0.39, 0.29) is 17.6 Å². The second kappa shape index (κ2) is 10.7. The predicted octanol–water partition coefficient (Wildman–Crippen LogP) is 2.63. The quantitative estimate of drug-likeness (QED) is 0.312. The Bertz CT molecular complexity index is 1390. The Labute approximate surface area is 217 Å². The van der Waals surface area contributed by atoms with Crippen LogP contribution in [0.3, 0.4) is 0 Å². The van der Waals surface area contributed by atoms with Gasteiger partial charge in [0.15, 0.2) is 23.2 Å². The summed E-state index contributed by atoms with van der Waals surface area (Å²) in [5, 5.41) is 24.4. The fourth-order valence-electron chi connectivity index (χ4n) is 4.22. The van der Waals surface area contributed by atoms with Crippen molar-refractivity contribution in [3.8, 4) is 0 Å². The molecule has 0 aliphatic carbocycles. The maximum absolute atomic E-state index is 13.6. The Morgan fingerprint density at radius 2 is 1.95 bits per heavy atom. The third-order valence-electron chi connectivity index (χ3n) is 6.02. The summed E-state index contributed by atoms with van der Waals surface area (Å²) in [4.78, 5) is 14.9. The van der Waals surface area contributed by atoms with Gasteiger partial charge < -0.3 is 29.9 Å². The second-order valence-corrected chi connectivity index (χ2v) is 9.01. The number of aromatic nitrogens is 4. The summed E-state index contributed by atoms with van der Waals surface area (Å²) in [5.74, 6) is 0.211. The van der Waals surface area contributed by atoms with Gasteiger partial charge in [-0.3, -0.25) is 4.57 Å². The molecule has 12 heteroatoms. The number of thiocarbonyl (C=S) groups is 1. The van der Waals surface area contributed by atoms with Crippen molar-refractivity contribution in [1.29, 1.82) is 0 Å². The molecular weight excluding hydrogens is 499 g/mol. The average molecular weight is 525 g/mol. The average Bonchev–Trinajstić information content (AvgIpc) is 3.44. The number of halogens is 1. The van der Waals surface area contributed by atoms with E-state index in [0.717, 1.165) is 11.3 Å². The van der Waals surface area contributed by atoms with Crippen LogP contribution in [-0.4, -0.2) is 66.9 Å². The van der Waals surface area contributed by atoms with E-state index in [1.807, 2.05) is 48.3 Å². The molecule has 1 aliphatic rings. The van der Waals surface area contributed by atoms with Crippen molar-refractivity contribution >= 4 is 40.1 Å². The van der Waals surface area contributed by atoms with Crippen molar-refractivity contribution in [1.82, 2.24) is 19.5 Å². The van der Waals surface area contributed by atoms with Crippen molar-refractivity contribution in [2.24, 2.45) is 0 Å². The number of fused-ring (bicyclic) bond motifs is 1. The molecule has 2 aromatic carbocycles. The lowest BCUT2D eigenvalue weighted by Crippen LogP contribution is -2.34. The zero-order valence-electron chi connectivity index (χ0n) is 19.8. The molecule has 1 aliphatic heterocycles. The topological polar surface area (TPSA) is 118 Å². The highest BCUT2D eigenvalue weighted by molar-refractivity contribution is 7.80. The molecule has 3 N–H and O–H groups in total. The Morgan fingerprint density at radius 1 is 1.14 bits per heavy atom. The van der Waals surface area contributed by atoms with Crippen LogP contribution in [0.15, 0.2) is 67.3 Å². The maximum Gasteiger partial charge on any atom is 0.261 e. The lowest BCUT2D eigenvalue weighted by molar-refractivity contribution is -0.0486. The first-order chi connectivity index (χ1) is 17.9. The molecule has 0 amide bonds. The zero-order chi connectivity index (χ0) is 25.9. The molecule has 37 heavy (non-hydrogen) atoms. The molecule has 4 aromatic rings. The summed E-state index contributed by atoms with van der Waals surface area (Å²) < 4.78 is 26.7. The lowest BCUT2D eigenvalue weighted by Gasteiger charge is -2.19. The van der Waals surface area contributed by atoms with Gasteiger partial charge in [-0.15, -0.1) is 0 Å². The van der Waals surface area contributed by atoms with E-state index < -0.39 is 24.5 Å². The van der Waals surface area contributed by atoms with Crippen LogP contribution in [-0.2, 0) is 16.0 Å². The number of anilines is 2. The molecule has 2 aromatic heterocycles. The van der Waals surface area contributed by atoms with Gasteiger partial charge in [-0.05, 0) is 42.0 Å². The molecule has 0 unspecified atom stereocenters. The third kappa shape index (κ3) is 5.37. The van der Waals surface area contributed by atoms with Crippen molar-refractivity contribution < 1.29 is 24.1 Å². The van der Waals surface area contributed by atoms with Crippen LogP contribution in [0.25, 0.3) is 11.2 Å². The lowest BCUT2D eigenvalue weighted by atomic mass is 10.1. The monoisotopic (exact) mass is 524 g/mol.